The van der Waals surface area contributed by atoms with Gasteiger partial charge >= 0.3 is 6.03 Å². The lowest BCUT2D eigenvalue weighted by Crippen LogP contribution is -2.35. The van der Waals surface area contributed by atoms with Crippen LogP contribution in [0, 0.1) is 0 Å². The predicted octanol–water partition coefficient (Wildman–Crippen LogP) is 5.07. The Morgan fingerprint density at radius 3 is 2.52 bits per heavy atom. The number of carbonyl (C=O) groups is 1. The molecule has 2 saturated heterocycles. The smallest absolute Gasteiger partial charge is 0.315 e. The number of aryl methyl sites for hydroxylation is 2. The Morgan fingerprint density at radius 2 is 1.74 bits per heavy atom. The van der Waals surface area contributed by atoms with Crippen molar-refractivity contribution in [2.45, 2.75) is 71.8 Å². The molecule has 0 radical (unpaired) electrons. The van der Waals surface area contributed by atoms with Gasteiger partial charge in [0.15, 0.2) is 5.65 Å². The first-order chi connectivity index (χ1) is 22.6. The first-order valence-corrected chi connectivity index (χ1v) is 17.0. The lowest BCUT2D eigenvalue weighted by atomic mass is 10.0. The number of hydrogen-bond acceptors (Lipinski definition) is 7. The molecule has 2 fully saturated rings. The number of rotatable bonds is 11. The van der Waals surface area contributed by atoms with Crippen molar-refractivity contribution in [2.75, 3.05) is 44.7 Å². The predicted molar refractivity (Wildman–Crippen MR) is 184 cm³/mol. The zero-order valence-corrected chi connectivity index (χ0v) is 27.3. The second-order valence-electron chi connectivity index (χ2n) is 12.3. The summed E-state index contributed by atoms with van der Waals surface area (Å²) in [5.74, 6) is 0. The van der Waals surface area contributed by atoms with Gasteiger partial charge in [-0.2, -0.15) is 5.10 Å². The number of nitrogens with zero attached hydrogens (tertiary/aromatic N) is 4. The number of pyridine rings is 1. The van der Waals surface area contributed by atoms with Crippen molar-refractivity contribution >= 4 is 22.8 Å². The van der Waals surface area contributed by atoms with Gasteiger partial charge in [-0.05, 0) is 80.1 Å². The van der Waals surface area contributed by atoms with Crippen LogP contribution in [-0.2, 0) is 37.3 Å². The van der Waals surface area contributed by atoms with Crippen molar-refractivity contribution in [2.24, 2.45) is 0 Å². The molecule has 10 nitrogen and oxygen atoms in total. The van der Waals surface area contributed by atoms with E-state index in [4.69, 9.17) is 9.72 Å². The van der Waals surface area contributed by atoms with Gasteiger partial charge in [0.25, 0.3) is 0 Å². The molecule has 6 rings (SSSR count). The molecule has 4 aromatic rings. The van der Waals surface area contributed by atoms with Gasteiger partial charge in [-0.25, -0.2) is 14.5 Å². The van der Waals surface area contributed by atoms with Crippen molar-refractivity contribution in [3.05, 3.63) is 77.1 Å². The lowest BCUT2D eigenvalue weighted by Gasteiger charge is -2.26. The molecule has 244 valence electrons. The monoisotopic (exact) mass is 624 g/mol. The van der Waals surface area contributed by atoms with Crippen LogP contribution in [0.2, 0.25) is 0 Å². The summed E-state index contributed by atoms with van der Waals surface area (Å²) in [6.07, 6.45) is 5.73. The van der Waals surface area contributed by atoms with E-state index in [1.54, 1.807) is 0 Å². The average Bonchev–Trinajstić information content (AvgIpc) is 3.34. The fraction of sp³-hybridized carbons (Fsp3) is 0.472. The topological polar surface area (TPSA) is 108 Å². The van der Waals surface area contributed by atoms with Crippen LogP contribution >= 0.6 is 0 Å². The first-order valence-electron chi connectivity index (χ1n) is 17.0. The van der Waals surface area contributed by atoms with E-state index >= 15 is 0 Å². The van der Waals surface area contributed by atoms with Crippen LogP contribution < -0.4 is 21.3 Å². The number of amides is 2. The van der Waals surface area contributed by atoms with Crippen molar-refractivity contribution in [3.8, 4) is 11.1 Å². The van der Waals surface area contributed by atoms with Gasteiger partial charge in [-0.3, -0.25) is 4.90 Å². The van der Waals surface area contributed by atoms with Crippen LogP contribution in [-0.4, -0.2) is 71.1 Å². The molecule has 4 heterocycles. The maximum Gasteiger partial charge on any atom is 0.315 e. The van der Waals surface area contributed by atoms with E-state index < -0.39 is 0 Å². The molecule has 0 unspecified atom stereocenters. The maximum absolute atomic E-state index is 13.1. The molecule has 2 aromatic carbocycles. The van der Waals surface area contributed by atoms with Crippen LogP contribution in [0.15, 0.2) is 54.7 Å². The Morgan fingerprint density at radius 1 is 0.978 bits per heavy atom. The van der Waals surface area contributed by atoms with Crippen LogP contribution in [0.25, 0.3) is 22.2 Å². The summed E-state index contributed by atoms with van der Waals surface area (Å²) in [5.41, 5.74) is 8.63. The Kier molecular flexibility index (Phi) is 10.8. The van der Waals surface area contributed by atoms with Gasteiger partial charge < -0.3 is 26.0 Å². The highest BCUT2D eigenvalue weighted by molar-refractivity contribution is 5.92. The summed E-state index contributed by atoms with van der Waals surface area (Å²) in [6, 6.07) is 17.4. The number of nitrogens with one attached hydrogen (secondary N) is 4. The zero-order chi connectivity index (χ0) is 31.7. The van der Waals surface area contributed by atoms with E-state index in [0.717, 1.165) is 111 Å². The van der Waals surface area contributed by atoms with Gasteiger partial charge in [-0.1, -0.05) is 43.3 Å². The number of hydrogen-bond donors (Lipinski definition) is 4. The summed E-state index contributed by atoms with van der Waals surface area (Å²) in [7, 11) is 0. The minimum Gasteiger partial charge on any atom is -0.381 e. The molecule has 2 aliphatic rings. The van der Waals surface area contributed by atoms with Crippen LogP contribution in [0.5, 0.6) is 0 Å². The number of anilines is 1. The fourth-order valence-corrected chi connectivity index (χ4v) is 6.54. The fourth-order valence-electron chi connectivity index (χ4n) is 6.54. The Labute approximate surface area is 272 Å². The molecule has 4 N–H and O–H groups in total. The Bertz CT molecular complexity index is 1610. The molecular formula is C36H48N8O2. The average molecular weight is 625 g/mol. The minimum atomic E-state index is -0.206. The first kappa shape index (κ1) is 32.0. The standard InChI is InChI=1S/C36H48N8O2/c1-3-33-31(34(41-30-12-18-46-19-13-30)32-24-40-44(4-2)35(32)42-33)23-39-36(45)38-22-26-8-5-10-28(20-26)29-11-6-9-27(21-29)25-43-16-7-14-37-15-17-43/h5-6,8-11,20-21,24,30,37H,3-4,7,12-19,22-23,25H2,1-2H3,(H,41,42)(H2,38,39,45). The Hall–Kier alpha value is -3.99. The summed E-state index contributed by atoms with van der Waals surface area (Å²) < 4.78 is 7.53. The maximum atomic E-state index is 13.1. The molecule has 0 atom stereocenters. The van der Waals surface area contributed by atoms with E-state index in [2.05, 4.69) is 93.6 Å². The van der Waals surface area contributed by atoms with Gasteiger partial charge in [0.05, 0.1) is 17.3 Å². The third-order valence-corrected chi connectivity index (χ3v) is 9.08. The molecule has 0 saturated carbocycles. The number of carbonyl (C=O) groups excluding carboxylic acids is 1. The molecule has 2 aromatic heterocycles. The zero-order valence-electron chi connectivity index (χ0n) is 27.3. The molecule has 0 bridgehead atoms. The second kappa shape index (κ2) is 15.5. The van der Waals surface area contributed by atoms with Crippen LogP contribution in [0.4, 0.5) is 10.5 Å². The number of fused-ring (bicyclic) bond motifs is 1. The number of benzene rings is 2. The van der Waals surface area contributed by atoms with Crippen molar-refractivity contribution in [1.82, 2.24) is 35.6 Å². The van der Waals surface area contributed by atoms with E-state index in [0.29, 0.717) is 19.1 Å². The molecule has 2 aliphatic heterocycles. The van der Waals surface area contributed by atoms with E-state index in [1.165, 1.54) is 17.5 Å². The molecule has 2 amide bonds. The summed E-state index contributed by atoms with van der Waals surface area (Å²) in [4.78, 5) is 20.6. The van der Waals surface area contributed by atoms with Crippen molar-refractivity contribution < 1.29 is 9.53 Å². The van der Waals surface area contributed by atoms with Crippen LogP contribution in [0.1, 0.15) is 55.5 Å². The number of ether oxygens (including phenoxy) is 1. The van der Waals surface area contributed by atoms with Gasteiger partial charge in [0, 0.05) is 69.8 Å². The number of urea groups is 1. The quantitative estimate of drug-likeness (QED) is 0.185. The third kappa shape index (κ3) is 7.86. The lowest BCUT2D eigenvalue weighted by molar-refractivity contribution is 0.0904. The van der Waals surface area contributed by atoms with E-state index in [1.807, 2.05) is 10.9 Å². The molecule has 0 spiro atoms. The normalized spacial score (nSPS) is 16.3. The highest BCUT2D eigenvalue weighted by Gasteiger charge is 2.22. The van der Waals surface area contributed by atoms with Crippen molar-refractivity contribution in [3.63, 3.8) is 0 Å². The summed E-state index contributed by atoms with van der Waals surface area (Å²) in [5, 5.41) is 19.0. The van der Waals surface area contributed by atoms with E-state index in [-0.39, 0.29) is 6.03 Å². The highest BCUT2D eigenvalue weighted by atomic mass is 16.5. The van der Waals surface area contributed by atoms with Crippen LogP contribution in [0.3, 0.4) is 0 Å². The molecule has 0 aliphatic carbocycles. The molecular weight excluding hydrogens is 576 g/mol. The third-order valence-electron chi connectivity index (χ3n) is 9.08. The molecule has 10 heteroatoms. The minimum absolute atomic E-state index is 0.206. The number of aromatic nitrogens is 3. The second-order valence-corrected chi connectivity index (χ2v) is 12.3. The largest absolute Gasteiger partial charge is 0.381 e. The molecule has 46 heavy (non-hydrogen) atoms. The summed E-state index contributed by atoms with van der Waals surface area (Å²) in [6.45, 7) is 12.6. The summed E-state index contributed by atoms with van der Waals surface area (Å²) >= 11 is 0. The van der Waals surface area contributed by atoms with Gasteiger partial charge in [0.2, 0.25) is 0 Å². The van der Waals surface area contributed by atoms with Gasteiger partial charge in [-0.15, -0.1) is 0 Å². The van der Waals surface area contributed by atoms with E-state index in [9.17, 15) is 4.79 Å². The van der Waals surface area contributed by atoms with Gasteiger partial charge in [0.1, 0.15) is 0 Å². The Balaban J connectivity index is 1.11. The van der Waals surface area contributed by atoms with Crippen molar-refractivity contribution in [1.29, 1.82) is 0 Å². The SMILES string of the molecule is CCc1nc2c(cnn2CC)c(NC2CCOCC2)c1CNC(=O)NCc1cccc(-c2cccc(CN3CCCNCC3)c2)c1. The highest BCUT2D eigenvalue weighted by Crippen LogP contribution is 2.31.